The number of thiocarbonyl (C=S) groups is 1. The van der Waals surface area contributed by atoms with E-state index in [9.17, 15) is 8.42 Å². The number of hydrogen-bond acceptors (Lipinski definition) is 4. The second-order valence-electron chi connectivity index (χ2n) is 5.77. The second kappa shape index (κ2) is 7.71. The monoisotopic (exact) mass is 336 g/mol. The summed E-state index contributed by atoms with van der Waals surface area (Å²) in [6, 6.07) is 0.0367. The third-order valence-electron chi connectivity index (χ3n) is 4.25. The van der Waals surface area contributed by atoms with Gasteiger partial charge in [-0.15, -0.1) is 0 Å². The van der Waals surface area contributed by atoms with Crippen molar-refractivity contribution in [1.29, 1.82) is 0 Å². The van der Waals surface area contributed by atoms with Crippen LogP contribution in [-0.2, 0) is 14.6 Å². The highest BCUT2D eigenvalue weighted by Gasteiger charge is 2.33. The van der Waals surface area contributed by atoms with Gasteiger partial charge in [0.1, 0.15) is 13.1 Å². The first-order chi connectivity index (χ1) is 10.0. The zero-order valence-electron chi connectivity index (χ0n) is 12.6. The molecule has 1 atom stereocenters. The molecule has 2 rings (SSSR count). The number of morpholine rings is 1. The average Bonchev–Trinajstić information content (AvgIpc) is 2.84. The number of quaternary nitrogens is 1. The van der Waals surface area contributed by atoms with E-state index in [2.05, 4.69) is 10.2 Å². The molecular weight excluding hydrogens is 310 g/mol. The van der Waals surface area contributed by atoms with Gasteiger partial charge in [0.2, 0.25) is 0 Å². The number of ether oxygens (including phenoxy) is 1. The van der Waals surface area contributed by atoms with Gasteiger partial charge in [0, 0.05) is 26.1 Å². The molecule has 0 spiro atoms. The lowest BCUT2D eigenvalue weighted by Gasteiger charge is -2.31. The Morgan fingerprint density at radius 3 is 2.71 bits per heavy atom. The van der Waals surface area contributed by atoms with Crippen molar-refractivity contribution in [2.45, 2.75) is 18.9 Å². The highest BCUT2D eigenvalue weighted by Crippen LogP contribution is 2.18. The number of hydrogen-bond donors (Lipinski definition) is 2. The minimum atomic E-state index is -2.88. The van der Waals surface area contributed by atoms with Gasteiger partial charge in [0.05, 0.1) is 31.3 Å². The third kappa shape index (κ3) is 5.05. The van der Waals surface area contributed by atoms with Gasteiger partial charge in [0.15, 0.2) is 14.9 Å². The predicted octanol–water partition coefficient (Wildman–Crippen LogP) is -1.71. The molecule has 2 fully saturated rings. The zero-order chi connectivity index (χ0) is 15.3. The quantitative estimate of drug-likeness (QED) is 0.583. The van der Waals surface area contributed by atoms with Gasteiger partial charge >= 0.3 is 0 Å². The van der Waals surface area contributed by atoms with Gasteiger partial charge in [-0.1, -0.05) is 0 Å². The van der Waals surface area contributed by atoms with Crippen molar-refractivity contribution in [3.05, 3.63) is 0 Å². The first kappa shape index (κ1) is 16.9. The Morgan fingerprint density at radius 1 is 1.43 bits per heavy atom. The molecule has 0 saturated carbocycles. The average molecular weight is 337 g/mol. The summed E-state index contributed by atoms with van der Waals surface area (Å²) in [6.45, 7) is 5.72. The van der Waals surface area contributed by atoms with Crippen LogP contribution in [0.3, 0.4) is 0 Å². The summed E-state index contributed by atoms with van der Waals surface area (Å²) < 4.78 is 28.7. The molecule has 0 radical (unpaired) electrons. The maximum absolute atomic E-state index is 11.7. The van der Waals surface area contributed by atoms with E-state index in [1.54, 1.807) is 11.9 Å². The van der Waals surface area contributed by atoms with Crippen LogP contribution in [0.25, 0.3) is 0 Å². The summed E-state index contributed by atoms with van der Waals surface area (Å²) in [6.07, 6.45) is 1.71. The van der Waals surface area contributed by atoms with E-state index in [-0.39, 0.29) is 17.5 Å². The van der Waals surface area contributed by atoms with E-state index >= 15 is 0 Å². The van der Waals surface area contributed by atoms with E-state index < -0.39 is 9.84 Å². The maximum atomic E-state index is 11.7. The molecule has 2 aliphatic rings. The molecule has 0 aromatic heterocycles. The minimum Gasteiger partial charge on any atom is -0.370 e. The zero-order valence-corrected chi connectivity index (χ0v) is 14.3. The van der Waals surface area contributed by atoms with Crippen molar-refractivity contribution in [1.82, 2.24) is 10.2 Å². The lowest BCUT2D eigenvalue weighted by molar-refractivity contribution is -0.908. The molecule has 8 heteroatoms. The Kier molecular flexibility index (Phi) is 6.21. The standard InChI is InChI=1S/C13H25N3O3S2/c1-14-13(20)16(12-3-10-21(17,18)11-12)5-2-4-15-6-8-19-9-7-15/h12H,2-11H2,1H3,(H,14,20)/p+1/t12-/m1/s1. The number of sulfone groups is 1. The van der Waals surface area contributed by atoms with Crippen LogP contribution < -0.4 is 10.2 Å². The molecular formula is C13H26N3O3S2+. The molecule has 2 aliphatic heterocycles. The van der Waals surface area contributed by atoms with Crippen LogP contribution in [0, 0.1) is 0 Å². The van der Waals surface area contributed by atoms with Gasteiger partial charge in [0.25, 0.3) is 0 Å². The molecule has 0 aromatic carbocycles. The van der Waals surface area contributed by atoms with E-state index in [0.29, 0.717) is 11.5 Å². The highest BCUT2D eigenvalue weighted by atomic mass is 32.2. The topological polar surface area (TPSA) is 63.1 Å². The summed E-state index contributed by atoms with van der Waals surface area (Å²) in [7, 11) is -1.08. The van der Waals surface area contributed by atoms with Gasteiger partial charge in [-0.2, -0.15) is 0 Å². The maximum Gasteiger partial charge on any atom is 0.168 e. The van der Waals surface area contributed by atoms with Gasteiger partial charge in [-0.05, 0) is 18.6 Å². The van der Waals surface area contributed by atoms with Crippen LogP contribution in [0.2, 0.25) is 0 Å². The van der Waals surface area contributed by atoms with Crippen LogP contribution in [0.4, 0.5) is 0 Å². The van der Waals surface area contributed by atoms with Crippen LogP contribution in [0.15, 0.2) is 0 Å². The van der Waals surface area contributed by atoms with Crippen LogP contribution in [0.1, 0.15) is 12.8 Å². The smallest absolute Gasteiger partial charge is 0.168 e. The van der Waals surface area contributed by atoms with Gasteiger partial charge in [-0.3, -0.25) is 0 Å². The Hall–Kier alpha value is -0.440. The van der Waals surface area contributed by atoms with Crippen molar-refractivity contribution < 1.29 is 18.1 Å². The Labute approximate surface area is 132 Å². The summed E-state index contributed by atoms with van der Waals surface area (Å²) in [5, 5.41) is 3.65. The molecule has 0 aromatic rings. The summed E-state index contributed by atoms with van der Waals surface area (Å²) in [5.74, 6) is 0.522. The molecule has 0 amide bonds. The Morgan fingerprint density at radius 2 is 2.14 bits per heavy atom. The number of nitrogens with one attached hydrogen (secondary N) is 2. The van der Waals surface area contributed by atoms with Crippen molar-refractivity contribution in [2.75, 3.05) is 57.9 Å². The lowest BCUT2D eigenvalue weighted by atomic mass is 10.2. The molecule has 0 bridgehead atoms. The normalized spacial score (nSPS) is 25.7. The molecule has 21 heavy (non-hydrogen) atoms. The van der Waals surface area contributed by atoms with E-state index in [4.69, 9.17) is 17.0 Å². The molecule has 2 N–H and O–H groups in total. The molecule has 0 unspecified atom stereocenters. The summed E-state index contributed by atoms with van der Waals surface area (Å²) in [4.78, 5) is 3.63. The predicted molar refractivity (Wildman–Crippen MR) is 86.4 cm³/mol. The fourth-order valence-electron chi connectivity index (χ4n) is 3.02. The van der Waals surface area contributed by atoms with Crippen molar-refractivity contribution in [3.8, 4) is 0 Å². The minimum absolute atomic E-state index is 0.0367. The van der Waals surface area contributed by atoms with Gasteiger partial charge < -0.3 is 19.9 Å². The van der Waals surface area contributed by atoms with Crippen LogP contribution in [0.5, 0.6) is 0 Å². The fourth-order valence-corrected chi connectivity index (χ4v) is 5.00. The number of nitrogens with zero attached hydrogens (tertiary/aromatic N) is 1. The summed E-state index contributed by atoms with van der Waals surface area (Å²) >= 11 is 5.35. The molecule has 2 saturated heterocycles. The highest BCUT2D eigenvalue weighted by molar-refractivity contribution is 7.91. The van der Waals surface area contributed by atoms with Crippen LogP contribution in [-0.4, -0.2) is 82.4 Å². The third-order valence-corrected chi connectivity index (χ3v) is 6.44. The number of rotatable bonds is 5. The van der Waals surface area contributed by atoms with Gasteiger partial charge in [-0.25, -0.2) is 8.42 Å². The van der Waals surface area contributed by atoms with Crippen molar-refractivity contribution >= 4 is 27.2 Å². The molecule has 2 heterocycles. The Balaban J connectivity index is 1.83. The second-order valence-corrected chi connectivity index (χ2v) is 8.39. The van der Waals surface area contributed by atoms with Crippen LogP contribution >= 0.6 is 12.2 Å². The van der Waals surface area contributed by atoms with E-state index in [1.807, 2.05) is 0 Å². The fraction of sp³-hybridized carbons (Fsp3) is 0.923. The molecule has 122 valence electrons. The first-order valence-electron chi connectivity index (χ1n) is 7.62. The molecule has 6 nitrogen and oxygen atoms in total. The van der Waals surface area contributed by atoms with Crippen molar-refractivity contribution in [3.63, 3.8) is 0 Å². The van der Waals surface area contributed by atoms with E-state index in [0.717, 1.165) is 45.8 Å². The lowest BCUT2D eigenvalue weighted by Crippen LogP contribution is -3.14. The van der Waals surface area contributed by atoms with E-state index in [1.165, 1.54) is 0 Å². The molecule has 0 aliphatic carbocycles. The summed E-state index contributed by atoms with van der Waals surface area (Å²) in [5.41, 5.74) is 0. The van der Waals surface area contributed by atoms with Crippen molar-refractivity contribution in [2.24, 2.45) is 0 Å². The first-order valence-corrected chi connectivity index (χ1v) is 9.85. The Bertz CT molecular complexity index is 450. The SMILES string of the molecule is CNC(=S)N(CCC[NH+]1CCOCC1)[C@@H]1CCS(=O)(=O)C1. The largest absolute Gasteiger partial charge is 0.370 e.